The van der Waals surface area contributed by atoms with Crippen molar-refractivity contribution in [1.29, 1.82) is 0 Å². The third kappa shape index (κ3) is 6.51. The highest BCUT2D eigenvalue weighted by atomic mass is 32.2. The Labute approximate surface area is 248 Å². The number of hydrogen-bond acceptors (Lipinski definition) is 6. The normalized spacial score (nSPS) is 24.5. The van der Waals surface area contributed by atoms with Crippen LogP contribution in [0.15, 0.2) is 114 Å². The third-order valence-corrected chi connectivity index (χ3v) is 9.87. The molecule has 6 nitrogen and oxygen atoms in total. The van der Waals surface area contributed by atoms with E-state index in [0.717, 1.165) is 22.3 Å². The average molecular weight is 585 g/mol. The van der Waals surface area contributed by atoms with E-state index >= 15 is 0 Å². The van der Waals surface area contributed by atoms with E-state index in [1.54, 1.807) is 6.07 Å². The molecular formula is C35H36O6S. The lowest BCUT2D eigenvalue weighted by molar-refractivity contribution is -0.245. The van der Waals surface area contributed by atoms with Gasteiger partial charge in [-0.05, 0) is 29.7 Å². The van der Waals surface area contributed by atoms with Crippen molar-refractivity contribution in [3.05, 3.63) is 137 Å². The summed E-state index contributed by atoms with van der Waals surface area (Å²) in [7, 11) is -3.55. The molecule has 5 atom stereocenters. The Kier molecular flexibility index (Phi) is 8.84. The van der Waals surface area contributed by atoms with E-state index in [9.17, 15) is 8.42 Å². The quantitative estimate of drug-likeness (QED) is 0.220. The molecule has 6 rings (SSSR count). The Hall–Kier alpha value is -3.33. The zero-order valence-corrected chi connectivity index (χ0v) is 24.5. The average Bonchev–Trinajstić information content (AvgIpc) is 3.01. The summed E-state index contributed by atoms with van der Waals surface area (Å²) in [6.45, 7) is 3.35. The van der Waals surface area contributed by atoms with E-state index in [4.69, 9.17) is 18.9 Å². The third-order valence-electron chi connectivity index (χ3n) is 8.01. The van der Waals surface area contributed by atoms with Crippen LogP contribution in [0.25, 0.3) is 0 Å². The Morgan fingerprint density at radius 2 is 1.26 bits per heavy atom. The second-order valence-corrected chi connectivity index (χ2v) is 13.1. The van der Waals surface area contributed by atoms with Gasteiger partial charge in [0, 0.05) is 11.5 Å². The van der Waals surface area contributed by atoms with Gasteiger partial charge >= 0.3 is 0 Å². The number of sulfone groups is 1. The van der Waals surface area contributed by atoms with Crippen LogP contribution in [0.3, 0.4) is 0 Å². The number of fused-ring (bicyclic) bond motifs is 3. The van der Waals surface area contributed by atoms with Crippen LogP contribution in [0.1, 0.15) is 33.9 Å². The summed E-state index contributed by atoms with van der Waals surface area (Å²) in [6.07, 6.45) is -2.03. The fraction of sp³-hybridized carbons (Fsp3) is 0.314. The van der Waals surface area contributed by atoms with Gasteiger partial charge in [0.2, 0.25) is 0 Å². The molecule has 2 aliphatic heterocycles. The summed E-state index contributed by atoms with van der Waals surface area (Å²) in [6, 6.07) is 35.4. The number of hydrogen-bond donors (Lipinski definition) is 0. The first-order valence-corrected chi connectivity index (χ1v) is 16.0. The van der Waals surface area contributed by atoms with E-state index < -0.39 is 40.2 Å². The van der Waals surface area contributed by atoms with Gasteiger partial charge in [0.1, 0.15) is 12.2 Å². The molecule has 7 heteroatoms. The van der Waals surface area contributed by atoms with E-state index in [1.807, 2.05) is 110 Å². The Morgan fingerprint density at radius 3 is 1.86 bits per heavy atom. The summed E-state index contributed by atoms with van der Waals surface area (Å²) in [5.74, 6) is -0.519. The molecule has 0 spiro atoms. The number of aryl methyl sites for hydroxylation is 1. The summed E-state index contributed by atoms with van der Waals surface area (Å²) in [5, 5.41) is 0. The van der Waals surface area contributed by atoms with Gasteiger partial charge in [-0.25, -0.2) is 8.42 Å². The fourth-order valence-electron chi connectivity index (χ4n) is 5.95. The molecule has 1 fully saturated rings. The van der Waals surface area contributed by atoms with E-state index in [1.165, 1.54) is 0 Å². The first-order valence-electron chi connectivity index (χ1n) is 14.4. The zero-order valence-electron chi connectivity index (χ0n) is 23.7. The van der Waals surface area contributed by atoms with Crippen molar-refractivity contribution < 1.29 is 27.4 Å². The second kappa shape index (κ2) is 12.9. The molecule has 2 aliphatic rings. The van der Waals surface area contributed by atoms with Crippen LogP contribution in [0.4, 0.5) is 0 Å². The van der Waals surface area contributed by atoms with Crippen molar-refractivity contribution in [1.82, 2.24) is 0 Å². The summed E-state index contributed by atoms with van der Waals surface area (Å²) in [4.78, 5) is 0.337. The van der Waals surface area contributed by atoms with Crippen LogP contribution < -0.4 is 0 Å². The van der Waals surface area contributed by atoms with Crippen LogP contribution in [0.5, 0.6) is 0 Å². The van der Waals surface area contributed by atoms with Crippen LogP contribution >= 0.6 is 0 Å². The van der Waals surface area contributed by atoms with Crippen molar-refractivity contribution in [2.45, 2.75) is 56.1 Å². The van der Waals surface area contributed by atoms with Crippen molar-refractivity contribution in [2.24, 2.45) is 5.92 Å². The van der Waals surface area contributed by atoms with Crippen molar-refractivity contribution in [2.75, 3.05) is 12.4 Å². The van der Waals surface area contributed by atoms with Crippen LogP contribution in [0, 0.1) is 12.8 Å². The van der Waals surface area contributed by atoms with Crippen molar-refractivity contribution in [3.63, 3.8) is 0 Å². The maximum absolute atomic E-state index is 13.6. The van der Waals surface area contributed by atoms with Crippen LogP contribution in [-0.2, 0) is 48.6 Å². The van der Waals surface area contributed by atoms with Crippen molar-refractivity contribution in [3.8, 4) is 0 Å². The highest BCUT2D eigenvalue weighted by Gasteiger charge is 2.52. The molecular weight excluding hydrogens is 548 g/mol. The highest BCUT2D eigenvalue weighted by molar-refractivity contribution is 7.91. The van der Waals surface area contributed by atoms with E-state index in [2.05, 4.69) is 0 Å². The molecule has 0 radical (unpaired) electrons. The molecule has 0 saturated carbocycles. The molecule has 4 aromatic rings. The molecule has 218 valence electrons. The Morgan fingerprint density at radius 1 is 0.714 bits per heavy atom. The van der Waals surface area contributed by atoms with Gasteiger partial charge < -0.3 is 18.9 Å². The summed E-state index contributed by atoms with van der Waals surface area (Å²) >= 11 is 0. The lowest BCUT2D eigenvalue weighted by Crippen LogP contribution is -2.57. The van der Waals surface area contributed by atoms with Gasteiger partial charge in [-0.2, -0.15) is 0 Å². The number of rotatable bonds is 10. The molecule has 0 aliphatic carbocycles. The van der Waals surface area contributed by atoms with Gasteiger partial charge in [-0.15, -0.1) is 0 Å². The van der Waals surface area contributed by atoms with Crippen molar-refractivity contribution >= 4 is 9.84 Å². The molecule has 4 aromatic carbocycles. The molecule has 0 amide bonds. The first kappa shape index (κ1) is 28.8. The number of benzene rings is 4. The molecule has 1 saturated heterocycles. The van der Waals surface area contributed by atoms with E-state index in [0.29, 0.717) is 30.3 Å². The van der Waals surface area contributed by atoms with Crippen LogP contribution in [-0.4, -0.2) is 39.1 Å². The van der Waals surface area contributed by atoms with Gasteiger partial charge in [-0.1, -0.05) is 109 Å². The Bertz CT molecular complexity index is 1560. The molecule has 0 bridgehead atoms. The standard InChI is InChI=1S/C35H36O6S/c1-25-17-18-32-29(19-25)33-30(24-42(32,36)37)34(39-21-27-13-7-3-8-14-27)35(40-22-28-15-9-4-10-16-28)31(41-33)23-38-20-26-11-5-2-6-12-26/h2-19,30-31,33-35H,20-24H2,1H3/t30-,31+,33-,34+,35+/m0/s1. The van der Waals surface area contributed by atoms with Gasteiger partial charge in [0.05, 0.1) is 49.3 Å². The van der Waals surface area contributed by atoms with E-state index in [-0.39, 0.29) is 12.4 Å². The second-order valence-electron chi connectivity index (χ2n) is 11.1. The lowest BCUT2D eigenvalue weighted by Gasteiger charge is -2.48. The molecule has 42 heavy (non-hydrogen) atoms. The molecule has 0 unspecified atom stereocenters. The minimum Gasteiger partial charge on any atom is -0.374 e. The topological polar surface area (TPSA) is 71.1 Å². The Balaban J connectivity index is 1.34. The summed E-state index contributed by atoms with van der Waals surface area (Å²) < 4.78 is 53.4. The summed E-state index contributed by atoms with van der Waals surface area (Å²) in [5.41, 5.74) is 4.76. The minimum atomic E-state index is -3.55. The smallest absolute Gasteiger partial charge is 0.179 e. The fourth-order valence-corrected chi connectivity index (χ4v) is 7.81. The largest absolute Gasteiger partial charge is 0.374 e. The molecule has 2 heterocycles. The maximum atomic E-state index is 13.6. The number of ether oxygens (including phenoxy) is 4. The highest BCUT2D eigenvalue weighted by Crippen LogP contribution is 2.47. The predicted molar refractivity (Wildman–Crippen MR) is 160 cm³/mol. The first-order chi connectivity index (χ1) is 20.5. The minimum absolute atomic E-state index is 0.0734. The molecule has 0 aromatic heterocycles. The maximum Gasteiger partial charge on any atom is 0.179 e. The monoisotopic (exact) mass is 584 g/mol. The van der Waals surface area contributed by atoms with Crippen LogP contribution in [0.2, 0.25) is 0 Å². The predicted octanol–water partition coefficient (Wildman–Crippen LogP) is 6.23. The SMILES string of the molecule is Cc1ccc2c(c1)[C@@H]1O[C@H](COCc3ccccc3)[C@@H](OCc3ccccc3)[C@H](OCc3ccccc3)[C@H]1CS2(=O)=O. The molecule has 0 N–H and O–H groups in total. The van der Waals surface area contributed by atoms with Gasteiger partial charge in [0.25, 0.3) is 0 Å². The lowest BCUT2D eigenvalue weighted by atomic mass is 9.83. The zero-order chi connectivity index (χ0) is 28.9. The van der Waals surface area contributed by atoms with Gasteiger partial charge in [0.15, 0.2) is 9.84 Å². The van der Waals surface area contributed by atoms with Gasteiger partial charge in [-0.3, -0.25) is 0 Å².